The Kier molecular flexibility index (Phi) is 19.8. The zero-order chi connectivity index (χ0) is 42.6. The van der Waals surface area contributed by atoms with Crippen LogP contribution in [0.1, 0.15) is 103 Å². The first-order valence-corrected chi connectivity index (χ1v) is 20.3. The summed E-state index contributed by atoms with van der Waals surface area (Å²) in [4.78, 5) is 95.4. The molecule has 320 valence electrons. The van der Waals surface area contributed by atoms with Crippen molar-refractivity contribution >= 4 is 41.4 Å². The summed E-state index contributed by atoms with van der Waals surface area (Å²) in [5, 5.41) is 29.4. The molecule has 0 radical (unpaired) electrons. The molecule has 0 bridgehead atoms. The van der Waals surface area contributed by atoms with Crippen LogP contribution < -0.4 is 27.0 Å². The summed E-state index contributed by atoms with van der Waals surface area (Å²) >= 11 is 0. The van der Waals surface area contributed by atoms with Crippen LogP contribution in [-0.4, -0.2) is 109 Å². The summed E-state index contributed by atoms with van der Waals surface area (Å²) in [6.45, 7) is 5.27. The molecule has 0 spiro atoms. The van der Waals surface area contributed by atoms with Gasteiger partial charge in [0.2, 0.25) is 35.4 Å². The SMILES string of the molecule is CC(=O)N1CCC[C@H]1C(=O)N[C@@H](CC(C)C)C(=O)N[C@@H](Cc1cncn1CCCCCCCCc1ccccc1)C(=O)N[C@@H](CO)C(=O)N[C@@H](CCC(=O)O)C(N)=O. The highest BCUT2D eigenvalue weighted by molar-refractivity contribution is 5.96. The maximum absolute atomic E-state index is 14.0. The number of aliphatic hydroxyl groups excluding tert-OH is 1. The number of aryl methyl sites for hydroxylation is 2. The number of nitrogens with one attached hydrogen (secondary N) is 4. The number of rotatable bonds is 26. The van der Waals surface area contributed by atoms with E-state index in [0.717, 1.165) is 44.9 Å². The van der Waals surface area contributed by atoms with E-state index in [9.17, 15) is 38.7 Å². The Morgan fingerprint density at radius 2 is 1.47 bits per heavy atom. The van der Waals surface area contributed by atoms with Crippen molar-refractivity contribution in [3.05, 3.63) is 54.1 Å². The lowest BCUT2D eigenvalue weighted by atomic mass is 10.0. The van der Waals surface area contributed by atoms with Crippen molar-refractivity contribution in [1.82, 2.24) is 35.7 Å². The van der Waals surface area contributed by atoms with E-state index in [1.807, 2.05) is 24.5 Å². The second-order valence-electron chi connectivity index (χ2n) is 15.4. The van der Waals surface area contributed by atoms with E-state index < -0.39 is 78.7 Å². The summed E-state index contributed by atoms with van der Waals surface area (Å²) in [5.41, 5.74) is 7.31. The number of carboxylic acid groups (broad SMARTS) is 1. The third-order valence-corrected chi connectivity index (χ3v) is 10.2. The zero-order valence-corrected chi connectivity index (χ0v) is 34.0. The number of aliphatic hydroxyl groups is 1. The van der Waals surface area contributed by atoms with E-state index in [4.69, 9.17) is 10.8 Å². The maximum atomic E-state index is 14.0. The first-order chi connectivity index (χ1) is 27.7. The largest absolute Gasteiger partial charge is 0.481 e. The monoisotopic (exact) mass is 810 g/mol. The Balaban J connectivity index is 1.73. The summed E-state index contributed by atoms with van der Waals surface area (Å²) in [6.07, 6.45) is 11.0. The molecule has 17 nitrogen and oxygen atoms in total. The fourth-order valence-corrected chi connectivity index (χ4v) is 7.05. The van der Waals surface area contributed by atoms with Crippen molar-refractivity contribution in [2.75, 3.05) is 13.2 Å². The number of benzene rings is 1. The molecule has 2 heterocycles. The molecular weight excluding hydrogens is 748 g/mol. The van der Waals surface area contributed by atoms with Crippen LogP contribution in [0.15, 0.2) is 42.9 Å². The fourth-order valence-electron chi connectivity index (χ4n) is 7.05. The molecule has 17 heteroatoms. The van der Waals surface area contributed by atoms with Crippen LogP contribution in [0.2, 0.25) is 0 Å². The molecule has 5 atom stereocenters. The summed E-state index contributed by atoms with van der Waals surface area (Å²) in [6, 6.07) is 4.30. The van der Waals surface area contributed by atoms with Crippen molar-refractivity contribution in [1.29, 1.82) is 0 Å². The summed E-state index contributed by atoms with van der Waals surface area (Å²) < 4.78 is 1.89. The third kappa shape index (κ3) is 15.9. The van der Waals surface area contributed by atoms with Gasteiger partial charge in [-0.1, -0.05) is 69.9 Å². The molecule has 3 rings (SSSR count). The van der Waals surface area contributed by atoms with Crippen LogP contribution in [0.4, 0.5) is 0 Å². The molecule has 1 fully saturated rings. The van der Waals surface area contributed by atoms with E-state index in [0.29, 0.717) is 31.6 Å². The molecule has 1 aromatic carbocycles. The van der Waals surface area contributed by atoms with Crippen molar-refractivity contribution in [2.24, 2.45) is 11.7 Å². The Labute approximate surface area is 340 Å². The summed E-state index contributed by atoms with van der Waals surface area (Å²) in [7, 11) is 0. The number of nitrogens with zero attached hydrogens (tertiary/aromatic N) is 3. The smallest absolute Gasteiger partial charge is 0.303 e. The third-order valence-electron chi connectivity index (χ3n) is 10.2. The molecule has 1 saturated heterocycles. The van der Waals surface area contributed by atoms with Crippen molar-refractivity contribution in [2.45, 2.75) is 141 Å². The van der Waals surface area contributed by atoms with Crippen molar-refractivity contribution in [3.63, 3.8) is 0 Å². The molecular formula is C41H62N8O9. The van der Waals surface area contributed by atoms with Gasteiger partial charge in [0, 0.05) is 44.7 Å². The Bertz CT molecular complexity index is 1670. The first-order valence-electron chi connectivity index (χ1n) is 20.3. The van der Waals surface area contributed by atoms with Crippen molar-refractivity contribution in [3.8, 4) is 0 Å². The Morgan fingerprint density at radius 1 is 0.845 bits per heavy atom. The number of primary amides is 1. The fraction of sp³-hybridized carbons (Fsp3) is 0.610. The number of hydrogen-bond donors (Lipinski definition) is 7. The van der Waals surface area contributed by atoms with Gasteiger partial charge in [-0.25, -0.2) is 4.98 Å². The van der Waals surface area contributed by atoms with Gasteiger partial charge in [-0.05, 0) is 56.4 Å². The lowest BCUT2D eigenvalue weighted by molar-refractivity contribution is -0.139. The second-order valence-corrected chi connectivity index (χ2v) is 15.4. The predicted molar refractivity (Wildman–Crippen MR) is 215 cm³/mol. The van der Waals surface area contributed by atoms with E-state index >= 15 is 0 Å². The molecule has 0 aliphatic carbocycles. The molecule has 1 aliphatic rings. The van der Waals surface area contributed by atoms with Gasteiger partial charge in [-0.15, -0.1) is 0 Å². The molecule has 1 aromatic heterocycles. The second kappa shape index (κ2) is 24.5. The van der Waals surface area contributed by atoms with Gasteiger partial charge >= 0.3 is 5.97 Å². The number of likely N-dealkylation sites (tertiary alicyclic amines) is 1. The molecule has 8 N–H and O–H groups in total. The van der Waals surface area contributed by atoms with Gasteiger partial charge < -0.3 is 46.7 Å². The Hall–Kier alpha value is -5.32. The van der Waals surface area contributed by atoms with Crippen LogP contribution in [0.3, 0.4) is 0 Å². The number of carboxylic acids is 1. The van der Waals surface area contributed by atoms with E-state index in [2.05, 4.69) is 50.5 Å². The number of aliphatic carboxylic acids is 1. The normalized spacial score (nSPS) is 15.9. The number of carbonyl (C=O) groups is 7. The molecule has 2 aromatic rings. The molecule has 1 aliphatic heterocycles. The average molecular weight is 811 g/mol. The molecule has 0 unspecified atom stereocenters. The Morgan fingerprint density at radius 3 is 2.10 bits per heavy atom. The highest BCUT2D eigenvalue weighted by atomic mass is 16.4. The quantitative estimate of drug-likeness (QED) is 0.0672. The topological polar surface area (TPSA) is 255 Å². The highest BCUT2D eigenvalue weighted by Crippen LogP contribution is 2.19. The van der Waals surface area contributed by atoms with Crippen LogP contribution in [0.25, 0.3) is 0 Å². The molecule has 0 saturated carbocycles. The van der Waals surface area contributed by atoms with Gasteiger partial charge in [0.25, 0.3) is 0 Å². The maximum Gasteiger partial charge on any atom is 0.303 e. The van der Waals surface area contributed by atoms with Crippen LogP contribution in [0.5, 0.6) is 0 Å². The van der Waals surface area contributed by atoms with E-state index in [1.165, 1.54) is 17.4 Å². The number of amides is 6. The lowest BCUT2D eigenvalue weighted by Gasteiger charge is -2.28. The van der Waals surface area contributed by atoms with Gasteiger partial charge in [0.15, 0.2) is 0 Å². The molecule has 6 amide bonds. The van der Waals surface area contributed by atoms with Gasteiger partial charge in [0.05, 0.1) is 12.9 Å². The minimum absolute atomic E-state index is 0.0529. The van der Waals surface area contributed by atoms with E-state index in [1.54, 1.807) is 12.5 Å². The van der Waals surface area contributed by atoms with Crippen LogP contribution in [0, 0.1) is 5.92 Å². The van der Waals surface area contributed by atoms with Gasteiger partial charge in [0.1, 0.15) is 30.2 Å². The number of imidazole rings is 1. The van der Waals surface area contributed by atoms with Gasteiger partial charge in [-0.2, -0.15) is 0 Å². The minimum Gasteiger partial charge on any atom is -0.481 e. The first kappa shape index (κ1) is 47.1. The minimum atomic E-state index is -1.60. The lowest BCUT2D eigenvalue weighted by Crippen LogP contribution is -2.60. The number of nitrogens with two attached hydrogens (primary N) is 1. The highest BCUT2D eigenvalue weighted by Gasteiger charge is 2.36. The predicted octanol–water partition coefficient (Wildman–Crippen LogP) is 1.35. The van der Waals surface area contributed by atoms with Crippen LogP contribution in [-0.2, 0) is 52.9 Å². The van der Waals surface area contributed by atoms with Gasteiger partial charge in [-0.3, -0.25) is 33.6 Å². The average Bonchev–Trinajstić information content (AvgIpc) is 3.86. The molecule has 58 heavy (non-hydrogen) atoms. The zero-order valence-electron chi connectivity index (χ0n) is 34.0. The summed E-state index contributed by atoms with van der Waals surface area (Å²) in [5.74, 6) is -5.50. The number of carbonyl (C=O) groups excluding carboxylic acids is 6. The van der Waals surface area contributed by atoms with Crippen LogP contribution >= 0.6 is 0 Å². The number of unbranched alkanes of at least 4 members (excludes halogenated alkanes) is 5. The standard InChI is InChI=1S/C41H62N8O9/c1-27(2)22-32(46-41(58)35-17-13-21-49(35)28(3)51)38(55)45-33(39(56)47-34(25-50)40(57)44-31(37(42)54)18-19-36(52)53)23-30-24-43-26-48(30)20-12-7-5-4-6-9-14-29-15-10-8-11-16-29/h8,10-11,15-16,24,26-27,31-35,50H,4-7,9,12-14,17-23,25H2,1-3H3,(H2,42,54)(H,44,57)(H,45,55)(H,46,58)(H,47,56)(H,52,53)/t31-,32-,33-,34-,35-/m0/s1. The number of aromatic nitrogens is 2. The number of hydrogen-bond acceptors (Lipinski definition) is 9. The van der Waals surface area contributed by atoms with Crippen molar-refractivity contribution < 1.29 is 43.8 Å². The van der Waals surface area contributed by atoms with E-state index in [-0.39, 0.29) is 31.1 Å².